The lowest BCUT2D eigenvalue weighted by Crippen LogP contribution is -2.45. The largest absolute Gasteiger partial charge is 0.316 e. The van der Waals surface area contributed by atoms with Crippen molar-refractivity contribution in [3.63, 3.8) is 0 Å². The number of benzene rings is 1. The molecule has 0 aliphatic carbocycles. The van der Waals surface area contributed by atoms with Crippen molar-refractivity contribution in [2.45, 2.75) is 24.7 Å². The Kier molecular flexibility index (Phi) is 4.97. The first-order chi connectivity index (χ1) is 9.32. The molecule has 1 heterocycles. The SMILES string of the molecule is CC1(CNS(=O)(=O)c2cc(Cl)ccc2Cl)CCCNC1. The van der Waals surface area contributed by atoms with Crippen LogP contribution in [0.4, 0.5) is 0 Å². The molecule has 0 amide bonds. The maximum absolute atomic E-state index is 12.3. The highest BCUT2D eigenvalue weighted by Crippen LogP contribution is 2.27. The van der Waals surface area contributed by atoms with Gasteiger partial charge in [-0.15, -0.1) is 0 Å². The van der Waals surface area contributed by atoms with Gasteiger partial charge < -0.3 is 5.32 Å². The van der Waals surface area contributed by atoms with Crippen LogP contribution in [0.25, 0.3) is 0 Å². The first kappa shape index (κ1) is 16.0. The van der Waals surface area contributed by atoms with E-state index in [1.54, 1.807) is 6.07 Å². The molecule has 2 rings (SSSR count). The van der Waals surface area contributed by atoms with Crippen LogP contribution in [0.1, 0.15) is 19.8 Å². The fourth-order valence-electron chi connectivity index (χ4n) is 2.30. The zero-order valence-corrected chi connectivity index (χ0v) is 13.6. The zero-order chi connectivity index (χ0) is 14.8. The molecule has 1 aliphatic heterocycles. The lowest BCUT2D eigenvalue weighted by Gasteiger charge is -2.34. The van der Waals surface area contributed by atoms with E-state index in [1.807, 2.05) is 0 Å². The molecule has 7 heteroatoms. The molecule has 2 N–H and O–H groups in total. The van der Waals surface area contributed by atoms with Crippen LogP contribution in [0.5, 0.6) is 0 Å². The minimum atomic E-state index is -3.65. The van der Waals surface area contributed by atoms with Crippen LogP contribution >= 0.6 is 23.2 Å². The van der Waals surface area contributed by atoms with Crippen LogP contribution in [-0.2, 0) is 10.0 Å². The van der Waals surface area contributed by atoms with Crippen molar-refractivity contribution in [1.29, 1.82) is 0 Å². The van der Waals surface area contributed by atoms with Crippen molar-refractivity contribution in [2.24, 2.45) is 5.41 Å². The molecule has 0 saturated carbocycles. The second-order valence-corrected chi connectivity index (χ2v) is 8.07. The summed E-state index contributed by atoms with van der Waals surface area (Å²) in [5.74, 6) is 0. The molecule has 20 heavy (non-hydrogen) atoms. The van der Waals surface area contributed by atoms with Crippen LogP contribution in [0.2, 0.25) is 10.0 Å². The Labute approximate surface area is 129 Å². The predicted octanol–water partition coefficient (Wildman–Crippen LogP) is 2.66. The molecule has 0 radical (unpaired) electrons. The Morgan fingerprint density at radius 3 is 2.80 bits per heavy atom. The number of hydrogen-bond donors (Lipinski definition) is 2. The van der Waals surface area contributed by atoms with Gasteiger partial charge in [0.1, 0.15) is 4.90 Å². The van der Waals surface area contributed by atoms with E-state index in [4.69, 9.17) is 23.2 Å². The highest BCUT2D eigenvalue weighted by molar-refractivity contribution is 7.89. The number of piperidine rings is 1. The zero-order valence-electron chi connectivity index (χ0n) is 11.2. The number of hydrogen-bond acceptors (Lipinski definition) is 3. The molecule has 1 atom stereocenters. The van der Waals surface area contributed by atoms with E-state index < -0.39 is 10.0 Å². The van der Waals surface area contributed by atoms with Crippen LogP contribution in [0.3, 0.4) is 0 Å². The van der Waals surface area contributed by atoms with Gasteiger partial charge >= 0.3 is 0 Å². The summed E-state index contributed by atoms with van der Waals surface area (Å²) in [5, 5.41) is 3.81. The van der Waals surface area contributed by atoms with Gasteiger partial charge in [-0.05, 0) is 43.0 Å². The standard InChI is InChI=1S/C13H18Cl2N2O2S/c1-13(5-2-6-16-8-13)9-17-20(18,19)12-7-10(14)3-4-11(12)15/h3-4,7,16-17H,2,5-6,8-9H2,1H3. The van der Waals surface area contributed by atoms with Gasteiger partial charge in [0, 0.05) is 18.1 Å². The van der Waals surface area contributed by atoms with Crippen molar-refractivity contribution in [1.82, 2.24) is 10.0 Å². The summed E-state index contributed by atoms with van der Waals surface area (Å²) in [6.45, 7) is 4.24. The predicted molar refractivity (Wildman–Crippen MR) is 81.9 cm³/mol. The Balaban J connectivity index is 2.13. The van der Waals surface area contributed by atoms with Gasteiger partial charge in [0.25, 0.3) is 0 Å². The Bertz CT molecular complexity index is 584. The topological polar surface area (TPSA) is 58.2 Å². The third-order valence-corrected chi connectivity index (χ3v) is 5.68. The normalized spacial score (nSPS) is 23.8. The maximum Gasteiger partial charge on any atom is 0.242 e. The van der Waals surface area contributed by atoms with E-state index in [0.717, 1.165) is 25.9 Å². The molecule has 0 spiro atoms. The fraction of sp³-hybridized carbons (Fsp3) is 0.538. The maximum atomic E-state index is 12.3. The average molecular weight is 337 g/mol. The summed E-state index contributed by atoms with van der Waals surface area (Å²) in [5.41, 5.74) is -0.0730. The third kappa shape index (κ3) is 3.86. The first-order valence-electron chi connectivity index (χ1n) is 6.48. The monoisotopic (exact) mass is 336 g/mol. The van der Waals surface area contributed by atoms with Gasteiger partial charge in [-0.3, -0.25) is 0 Å². The molecule has 1 aromatic rings. The van der Waals surface area contributed by atoms with E-state index in [-0.39, 0.29) is 15.3 Å². The summed E-state index contributed by atoms with van der Waals surface area (Å²) in [6.07, 6.45) is 2.04. The molecule has 1 aliphatic rings. The van der Waals surface area contributed by atoms with Gasteiger partial charge in [0.2, 0.25) is 10.0 Å². The minimum absolute atomic E-state index is 0.0269. The molecule has 1 fully saturated rings. The van der Waals surface area contributed by atoms with Gasteiger partial charge in [0.15, 0.2) is 0 Å². The highest BCUT2D eigenvalue weighted by Gasteiger charge is 2.29. The second-order valence-electron chi connectivity index (χ2n) is 5.49. The van der Waals surface area contributed by atoms with E-state index in [1.165, 1.54) is 12.1 Å². The second kappa shape index (κ2) is 6.20. The van der Waals surface area contributed by atoms with Crippen molar-refractivity contribution in [3.8, 4) is 0 Å². The van der Waals surface area contributed by atoms with E-state index in [2.05, 4.69) is 17.0 Å². The van der Waals surface area contributed by atoms with Crippen LogP contribution in [0.15, 0.2) is 23.1 Å². The van der Waals surface area contributed by atoms with Gasteiger partial charge in [-0.2, -0.15) is 0 Å². The number of sulfonamides is 1. The number of rotatable bonds is 4. The van der Waals surface area contributed by atoms with Crippen LogP contribution in [0, 0.1) is 5.41 Å². The molecule has 0 bridgehead atoms. The Morgan fingerprint density at radius 1 is 1.40 bits per heavy atom. The molecular formula is C13H18Cl2N2O2S. The Morgan fingerprint density at radius 2 is 2.15 bits per heavy atom. The molecular weight excluding hydrogens is 319 g/mol. The lowest BCUT2D eigenvalue weighted by molar-refractivity contribution is 0.238. The van der Waals surface area contributed by atoms with E-state index in [0.29, 0.717) is 11.6 Å². The van der Waals surface area contributed by atoms with Crippen LogP contribution < -0.4 is 10.0 Å². The lowest BCUT2D eigenvalue weighted by atomic mass is 9.83. The third-order valence-electron chi connectivity index (χ3n) is 3.56. The summed E-state index contributed by atoms with van der Waals surface area (Å²) < 4.78 is 27.3. The van der Waals surface area contributed by atoms with Crippen molar-refractivity contribution >= 4 is 33.2 Å². The smallest absolute Gasteiger partial charge is 0.242 e. The van der Waals surface area contributed by atoms with Gasteiger partial charge in [0.05, 0.1) is 5.02 Å². The molecule has 0 aromatic heterocycles. The highest BCUT2D eigenvalue weighted by atomic mass is 35.5. The van der Waals surface area contributed by atoms with Crippen molar-refractivity contribution in [3.05, 3.63) is 28.2 Å². The average Bonchev–Trinajstić information content (AvgIpc) is 2.40. The van der Waals surface area contributed by atoms with Gasteiger partial charge in [-0.25, -0.2) is 13.1 Å². The number of nitrogens with one attached hydrogen (secondary N) is 2. The van der Waals surface area contributed by atoms with Crippen molar-refractivity contribution < 1.29 is 8.42 Å². The Hall–Kier alpha value is -0.330. The quantitative estimate of drug-likeness (QED) is 0.888. The molecule has 1 unspecified atom stereocenters. The first-order valence-corrected chi connectivity index (χ1v) is 8.72. The molecule has 1 aromatic carbocycles. The van der Waals surface area contributed by atoms with E-state index >= 15 is 0 Å². The summed E-state index contributed by atoms with van der Waals surface area (Å²) in [7, 11) is -3.65. The summed E-state index contributed by atoms with van der Waals surface area (Å²) in [4.78, 5) is 0.0269. The minimum Gasteiger partial charge on any atom is -0.316 e. The summed E-state index contributed by atoms with van der Waals surface area (Å²) in [6, 6.07) is 4.42. The molecule has 1 saturated heterocycles. The van der Waals surface area contributed by atoms with E-state index in [9.17, 15) is 8.42 Å². The molecule has 4 nitrogen and oxygen atoms in total. The van der Waals surface area contributed by atoms with Gasteiger partial charge in [-0.1, -0.05) is 30.1 Å². The fourth-order valence-corrected chi connectivity index (χ4v) is 4.26. The molecule has 112 valence electrons. The summed E-state index contributed by atoms with van der Waals surface area (Å²) >= 11 is 11.8. The van der Waals surface area contributed by atoms with Crippen LogP contribution in [-0.4, -0.2) is 28.1 Å². The number of halogens is 2. The van der Waals surface area contributed by atoms with Crippen molar-refractivity contribution in [2.75, 3.05) is 19.6 Å².